The lowest BCUT2D eigenvalue weighted by Crippen LogP contribution is -2.40. The number of fused-ring (bicyclic) bond motifs is 1. The Hall–Kier alpha value is -4.44. The van der Waals surface area contributed by atoms with Crippen molar-refractivity contribution in [3.05, 3.63) is 154 Å². The fourth-order valence-corrected chi connectivity index (χ4v) is 6.80. The van der Waals surface area contributed by atoms with Gasteiger partial charge in [0.05, 0.1) is 40.0 Å². The van der Waals surface area contributed by atoms with Gasteiger partial charge < -0.3 is 14.2 Å². The maximum atomic E-state index is 14.2. The van der Waals surface area contributed by atoms with Crippen LogP contribution in [0, 0.1) is 0 Å². The van der Waals surface area contributed by atoms with Crippen molar-refractivity contribution in [2.45, 2.75) is 19.6 Å². The number of thiazole rings is 1. The summed E-state index contributed by atoms with van der Waals surface area (Å²) in [6.07, 6.45) is 1.82. The predicted octanol–water partition coefficient (Wildman–Crippen LogP) is 6.94. The molecule has 0 spiro atoms. The zero-order chi connectivity index (χ0) is 32.2. The SMILES string of the molecule is CCOC(=O)C1=C(c2ccccc2)N=c2s/c(=C\c3ccc(OCc4ccc(Cl)cc4)c(Br)c3)c(=O)n2[C@H]1c1ccc(OC)cc1. The van der Waals surface area contributed by atoms with E-state index >= 15 is 0 Å². The molecule has 6 rings (SSSR count). The predicted molar refractivity (Wildman–Crippen MR) is 184 cm³/mol. The summed E-state index contributed by atoms with van der Waals surface area (Å²) in [7, 11) is 1.59. The average Bonchev–Trinajstić information content (AvgIpc) is 3.38. The molecule has 0 unspecified atom stereocenters. The van der Waals surface area contributed by atoms with E-state index in [-0.39, 0.29) is 12.2 Å². The van der Waals surface area contributed by atoms with E-state index in [0.29, 0.717) is 43.7 Å². The Kier molecular flexibility index (Phi) is 9.53. The third-order valence-electron chi connectivity index (χ3n) is 7.37. The minimum absolute atomic E-state index is 0.179. The number of carbonyl (C=O) groups is 1. The number of benzene rings is 4. The highest BCUT2D eigenvalue weighted by Gasteiger charge is 2.35. The molecule has 1 aliphatic heterocycles. The molecule has 0 bridgehead atoms. The third kappa shape index (κ3) is 6.58. The first-order valence-corrected chi connectivity index (χ1v) is 16.4. The minimum Gasteiger partial charge on any atom is -0.497 e. The number of halogens is 2. The largest absolute Gasteiger partial charge is 0.497 e. The number of esters is 1. The summed E-state index contributed by atoms with van der Waals surface area (Å²) in [5.74, 6) is 0.797. The Morgan fingerprint density at radius 1 is 1.02 bits per heavy atom. The Labute approximate surface area is 282 Å². The molecule has 0 aliphatic carbocycles. The van der Waals surface area contributed by atoms with Gasteiger partial charge in [0.1, 0.15) is 18.1 Å². The van der Waals surface area contributed by atoms with Crippen molar-refractivity contribution in [3.63, 3.8) is 0 Å². The molecular weight excluding hydrogens is 688 g/mol. The van der Waals surface area contributed by atoms with Crippen molar-refractivity contribution in [1.29, 1.82) is 0 Å². The second-order valence-electron chi connectivity index (χ2n) is 10.3. The normalized spacial score (nSPS) is 14.4. The van der Waals surface area contributed by atoms with E-state index in [1.165, 1.54) is 11.3 Å². The molecule has 0 saturated heterocycles. The summed E-state index contributed by atoms with van der Waals surface area (Å²) in [5.41, 5.74) is 3.76. The van der Waals surface area contributed by atoms with Crippen LogP contribution >= 0.6 is 38.9 Å². The number of nitrogens with zero attached hydrogens (tertiary/aromatic N) is 2. The lowest BCUT2D eigenvalue weighted by molar-refractivity contribution is -0.138. The number of rotatable bonds is 9. The minimum atomic E-state index is -0.769. The van der Waals surface area contributed by atoms with Crippen LogP contribution in [0.5, 0.6) is 11.5 Å². The van der Waals surface area contributed by atoms with Gasteiger partial charge in [-0.3, -0.25) is 9.36 Å². The first-order chi connectivity index (χ1) is 22.4. The van der Waals surface area contributed by atoms with Gasteiger partial charge in [-0.2, -0.15) is 0 Å². The zero-order valence-electron chi connectivity index (χ0n) is 24.9. The summed E-state index contributed by atoms with van der Waals surface area (Å²) in [6, 6.07) is 29.2. The Morgan fingerprint density at radius 2 is 1.76 bits per heavy atom. The summed E-state index contributed by atoms with van der Waals surface area (Å²) in [5, 5.41) is 0.670. The molecule has 0 fully saturated rings. The van der Waals surface area contributed by atoms with E-state index in [9.17, 15) is 9.59 Å². The lowest BCUT2D eigenvalue weighted by atomic mass is 9.93. The Bertz CT molecular complexity index is 2110. The van der Waals surface area contributed by atoms with Crippen molar-refractivity contribution >= 4 is 56.6 Å². The van der Waals surface area contributed by atoms with Gasteiger partial charge in [-0.25, -0.2) is 9.79 Å². The van der Waals surface area contributed by atoms with Crippen molar-refractivity contribution < 1.29 is 19.0 Å². The summed E-state index contributed by atoms with van der Waals surface area (Å²) in [6.45, 7) is 2.31. The lowest BCUT2D eigenvalue weighted by Gasteiger charge is -2.26. The van der Waals surface area contributed by atoms with Crippen molar-refractivity contribution in [1.82, 2.24) is 4.57 Å². The third-order valence-corrected chi connectivity index (χ3v) is 9.22. The molecular formula is C36H28BrClN2O5S. The van der Waals surface area contributed by atoms with Crippen LogP contribution < -0.4 is 24.4 Å². The summed E-state index contributed by atoms with van der Waals surface area (Å²) < 4.78 is 19.7. The van der Waals surface area contributed by atoms with Gasteiger partial charge in [-0.1, -0.05) is 83.6 Å². The maximum Gasteiger partial charge on any atom is 0.338 e. The standard InChI is InChI=1S/C36H28BrClN2O5S/c1-3-44-35(42)31-32(24-7-5-4-6-8-24)39-36-40(33(31)25-12-16-27(43-2)17-13-25)34(41)30(46-36)20-23-11-18-29(28(37)19-23)45-21-22-9-14-26(38)15-10-22/h4-20,33H,3,21H2,1-2H3/b30-20-/t33-/m0/s1. The molecule has 0 amide bonds. The van der Waals surface area contributed by atoms with E-state index in [4.69, 9.17) is 30.8 Å². The van der Waals surface area contributed by atoms with E-state index < -0.39 is 12.0 Å². The van der Waals surface area contributed by atoms with Gasteiger partial charge in [0.15, 0.2) is 4.80 Å². The van der Waals surface area contributed by atoms with Crippen molar-refractivity contribution in [3.8, 4) is 11.5 Å². The molecule has 0 saturated carbocycles. The molecule has 1 aromatic heterocycles. The van der Waals surface area contributed by atoms with Gasteiger partial charge in [0.25, 0.3) is 5.56 Å². The van der Waals surface area contributed by atoms with Crippen LogP contribution in [-0.4, -0.2) is 24.3 Å². The summed E-state index contributed by atoms with van der Waals surface area (Å²) >= 11 is 10.9. The van der Waals surface area contributed by atoms with Gasteiger partial charge >= 0.3 is 5.97 Å². The van der Waals surface area contributed by atoms with Crippen LogP contribution in [0.15, 0.2) is 117 Å². The Balaban J connectivity index is 1.45. The van der Waals surface area contributed by atoms with Gasteiger partial charge in [-0.05, 0) is 82.0 Å². The second kappa shape index (κ2) is 13.9. The molecule has 0 N–H and O–H groups in total. The van der Waals surface area contributed by atoms with E-state index in [1.807, 2.05) is 103 Å². The van der Waals surface area contributed by atoms with E-state index in [1.54, 1.807) is 18.6 Å². The van der Waals surface area contributed by atoms with Crippen molar-refractivity contribution in [2.24, 2.45) is 4.99 Å². The van der Waals surface area contributed by atoms with E-state index in [2.05, 4.69) is 15.9 Å². The summed E-state index contributed by atoms with van der Waals surface area (Å²) in [4.78, 5) is 33.2. The van der Waals surface area contributed by atoms with Crippen LogP contribution in [0.1, 0.15) is 35.2 Å². The molecule has 0 radical (unpaired) electrons. The molecule has 232 valence electrons. The number of hydrogen-bond donors (Lipinski definition) is 0. The fourth-order valence-electron chi connectivity index (χ4n) is 5.16. The molecule has 10 heteroatoms. The molecule has 7 nitrogen and oxygen atoms in total. The highest BCUT2D eigenvalue weighted by Crippen LogP contribution is 2.36. The maximum absolute atomic E-state index is 14.2. The van der Waals surface area contributed by atoms with Crippen LogP contribution in [0.3, 0.4) is 0 Å². The second-order valence-corrected chi connectivity index (χ2v) is 12.6. The van der Waals surface area contributed by atoms with Gasteiger partial charge in [-0.15, -0.1) is 0 Å². The number of carbonyl (C=O) groups excluding carboxylic acids is 1. The average molecular weight is 716 g/mol. The van der Waals surface area contributed by atoms with Crippen LogP contribution in [0.4, 0.5) is 0 Å². The van der Waals surface area contributed by atoms with Crippen molar-refractivity contribution in [2.75, 3.05) is 13.7 Å². The quantitative estimate of drug-likeness (QED) is 0.155. The number of aromatic nitrogens is 1. The first-order valence-electron chi connectivity index (χ1n) is 14.5. The molecule has 2 heterocycles. The molecule has 1 atom stereocenters. The van der Waals surface area contributed by atoms with Crippen LogP contribution in [0.2, 0.25) is 5.02 Å². The number of ether oxygens (including phenoxy) is 3. The van der Waals surface area contributed by atoms with Crippen LogP contribution in [-0.2, 0) is 16.1 Å². The smallest absolute Gasteiger partial charge is 0.338 e. The Morgan fingerprint density at radius 3 is 2.43 bits per heavy atom. The number of hydrogen-bond acceptors (Lipinski definition) is 7. The highest BCUT2D eigenvalue weighted by atomic mass is 79.9. The van der Waals surface area contributed by atoms with Crippen LogP contribution in [0.25, 0.3) is 11.8 Å². The van der Waals surface area contributed by atoms with Gasteiger partial charge in [0.2, 0.25) is 0 Å². The topological polar surface area (TPSA) is 79.1 Å². The fraction of sp³-hybridized carbons (Fsp3) is 0.139. The highest BCUT2D eigenvalue weighted by molar-refractivity contribution is 9.10. The molecule has 5 aromatic rings. The number of methoxy groups -OCH3 is 1. The monoisotopic (exact) mass is 714 g/mol. The van der Waals surface area contributed by atoms with E-state index in [0.717, 1.165) is 26.7 Å². The molecule has 46 heavy (non-hydrogen) atoms. The molecule has 1 aliphatic rings. The molecule has 4 aromatic carbocycles. The van der Waals surface area contributed by atoms with Gasteiger partial charge in [0, 0.05) is 10.6 Å². The zero-order valence-corrected chi connectivity index (χ0v) is 28.1. The first kappa shape index (κ1) is 31.5.